The molecule has 3 aromatic carbocycles. The number of nitrogens with zero attached hydrogens (tertiary/aromatic N) is 2. The summed E-state index contributed by atoms with van der Waals surface area (Å²) in [6.07, 6.45) is 3.57. The van der Waals surface area contributed by atoms with E-state index < -0.39 is 5.91 Å². The molecule has 0 saturated carbocycles. The average molecular weight is 406 g/mol. The SMILES string of the molecule is COc1ccc(-c2c[c]c3c4c(C(N)=O)cccc4n(Cc4ccncc4)c3c2)cc1. The minimum atomic E-state index is -0.443. The number of carbonyl (C=O) groups excluding carboxylic acids is 1. The largest absolute Gasteiger partial charge is 0.497 e. The third kappa shape index (κ3) is 3.30. The van der Waals surface area contributed by atoms with Gasteiger partial charge < -0.3 is 15.0 Å². The molecule has 0 fully saturated rings. The molecule has 2 heterocycles. The van der Waals surface area contributed by atoms with Crippen molar-refractivity contribution in [2.24, 2.45) is 5.73 Å². The van der Waals surface area contributed by atoms with Gasteiger partial charge in [-0.25, -0.2) is 0 Å². The molecule has 2 aromatic heterocycles. The van der Waals surface area contributed by atoms with E-state index in [1.807, 2.05) is 54.6 Å². The van der Waals surface area contributed by atoms with Crippen LogP contribution in [-0.2, 0) is 6.54 Å². The number of fused-ring (bicyclic) bond motifs is 3. The second kappa shape index (κ2) is 7.61. The van der Waals surface area contributed by atoms with Crippen LogP contribution in [0, 0.1) is 6.07 Å². The van der Waals surface area contributed by atoms with Crippen LogP contribution in [0.25, 0.3) is 32.9 Å². The van der Waals surface area contributed by atoms with Gasteiger partial charge in [0.25, 0.3) is 0 Å². The van der Waals surface area contributed by atoms with E-state index in [0.29, 0.717) is 12.1 Å². The Kier molecular flexibility index (Phi) is 4.64. The number of benzene rings is 3. The lowest BCUT2D eigenvalue weighted by Crippen LogP contribution is -2.11. The van der Waals surface area contributed by atoms with Crippen LogP contribution in [0.15, 0.2) is 79.1 Å². The lowest BCUT2D eigenvalue weighted by molar-refractivity contribution is 0.100. The molecule has 31 heavy (non-hydrogen) atoms. The van der Waals surface area contributed by atoms with Crippen LogP contribution in [0.5, 0.6) is 5.75 Å². The van der Waals surface area contributed by atoms with Crippen molar-refractivity contribution in [2.75, 3.05) is 7.11 Å². The molecule has 5 aromatic rings. The second-order valence-electron chi connectivity index (χ2n) is 7.38. The van der Waals surface area contributed by atoms with Gasteiger partial charge in [0.05, 0.1) is 18.1 Å². The van der Waals surface area contributed by atoms with Crippen molar-refractivity contribution in [3.8, 4) is 16.9 Å². The molecule has 0 spiro atoms. The first kappa shape index (κ1) is 18.9. The van der Waals surface area contributed by atoms with E-state index in [-0.39, 0.29) is 0 Å². The Balaban J connectivity index is 1.77. The number of nitrogens with two attached hydrogens (primary N) is 1. The van der Waals surface area contributed by atoms with Gasteiger partial charge in [-0.2, -0.15) is 0 Å². The third-order valence-corrected chi connectivity index (χ3v) is 5.57. The average Bonchev–Trinajstić information content (AvgIpc) is 3.12. The summed E-state index contributed by atoms with van der Waals surface area (Å²) in [5.41, 5.74) is 11.4. The van der Waals surface area contributed by atoms with Crippen LogP contribution < -0.4 is 10.5 Å². The summed E-state index contributed by atoms with van der Waals surface area (Å²) in [5, 5.41) is 1.72. The molecule has 0 aliphatic heterocycles. The van der Waals surface area contributed by atoms with Crippen molar-refractivity contribution >= 4 is 27.7 Å². The van der Waals surface area contributed by atoms with Crippen molar-refractivity contribution in [1.29, 1.82) is 0 Å². The first-order valence-electron chi connectivity index (χ1n) is 9.95. The number of rotatable bonds is 5. The molecule has 1 radical (unpaired) electrons. The van der Waals surface area contributed by atoms with Gasteiger partial charge in [-0.05, 0) is 71.3 Å². The molecule has 0 aliphatic rings. The maximum absolute atomic E-state index is 12.2. The van der Waals surface area contributed by atoms with Crippen LogP contribution in [0.3, 0.4) is 0 Å². The zero-order valence-corrected chi connectivity index (χ0v) is 17.0. The number of amides is 1. The Morgan fingerprint density at radius 2 is 1.81 bits per heavy atom. The molecule has 1 amide bonds. The number of ether oxygens (including phenoxy) is 1. The van der Waals surface area contributed by atoms with Gasteiger partial charge in [-0.1, -0.05) is 18.2 Å². The maximum atomic E-state index is 12.2. The zero-order valence-electron chi connectivity index (χ0n) is 17.0. The standard InChI is InChI=1S/C26H20N3O2/c1-31-20-8-5-18(6-9-20)19-7-10-21-24(15-19)29(16-17-11-13-28-14-12-17)23-4-2-3-22(25(21)23)26(27)30/h2-9,11-15H,16H2,1H3,(H2,27,30). The van der Waals surface area contributed by atoms with Crippen LogP contribution >= 0.6 is 0 Å². The minimum Gasteiger partial charge on any atom is -0.497 e. The Hall–Kier alpha value is -4.12. The fourth-order valence-electron chi connectivity index (χ4n) is 4.05. The number of hydrogen-bond donors (Lipinski definition) is 1. The Morgan fingerprint density at radius 1 is 1.03 bits per heavy atom. The molecular formula is C26H20N3O2. The second-order valence-corrected chi connectivity index (χ2v) is 7.38. The summed E-state index contributed by atoms with van der Waals surface area (Å²) < 4.78 is 7.48. The fraction of sp³-hybridized carbons (Fsp3) is 0.0769. The Morgan fingerprint density at radius 3 is 2.52 bits per heavy atom. The maximum Gasteiger partial charge on any atom is 0.249 e. The van der Waals surface area contributed by atoms with Gasteiger partial charge in [0.1, 0.15) is 5.75 Å². The molecule has 5 heteroatoms. The van der Waals surface area contributed by atoms with Gasteiger partial charge in [0.2, 0.25) is 5.91 Å². The van der Waals surface area contributed by atoms with Gasteiger partial charge in [-0.3, -0.25) is 9.78 Å². The summed E-state index contributed by atoms with van der Waals surface area (Å²) in [6.45, 7) is 0.643. The van der Waals surface area contributed by atoms with Crippen LogP contribution in [0.1, 0.15) is 15.9 Å². The van der Waals surface area contributed by atoms with E-state index in [2.05, 4.69) is 21.7 Å². The number of aromatic nitrogens is 2. The zero-order chi connectivity index (χ0) is 21.4. The summed E-state index contributed by atoms with van der Waals surface area (Å²) in [6, 6.07) is 25.1. The quantitative estimate of drug-likeness (QED) is 0.455. The highest BCUT2D eigenvalue weighted by Gasteiger charge is 2.17. The monoisotopic (exact) mass is 406 g/mol. The van der Waals surface area contributed by atoms with Crippen molar-refractivity contribution in [3.05, 3.63) is 96.3 Å². The van der Waals surface area contributed by atoms with Gasteiger partial charge in [-0.15, -0.1) is 0 Å². The topological polar surface area (TPSA) is 70.1 Å². The van der Waals surface area contributed by atoms with Crippen LogP contribution in [0.4, 0.5) is 0 Å². The van der Waals surface area contributed by atoms with E-state index >= 15 is 0 Å². The lowest BCUT2D eigenvalue weighted by atomic mass is 10.0. The summed E-state index contributed by atoms with van der Waals surface area (Å²) in [4.78, 5) is 16.3. The van der Waals surface area contributed by atoms with Gasteiger partial charge >= 0.3 is 0 Å². The van der Waals surface area contributed by atoms with Gasteiger partial charge in [0, 0.05) is 35.3 Å². The number of hydrogen-bond acceptors (Lipinski definition) is 3. The number of methoxy groups -OCH3 is 1. The van der Waals surface area contributed by atoms with Gasteiger partial charge in [0.15, 0.2) is 0 Å². The highest BCUT2D eigenvalue weighted by atomic mass is 16.5. The minimum absolute atomic E-state index is 0.443. The lowest BCUT2D eigenvalue weighted by Gasteiger charge is -2.09. The van der Waals surface area contributed by atoms with E-state index in [9.17, 15) is 4.79 Å². The molecule has 0 bridgehead atoms. The molecule has 5 nitrogen and oxygen atoms in total. The van der Waals surface area contributed by atoms with E-state index in [4.69, 9.17) is 10.5 Å². The smallest absolute Gasteiger partial charge is 0.249 e. The number of carbonyl (C=O) groups is 1. The fourth-order valence-corrected chi connectivity index (χ4v) is 4.05. The van der Waals surface area contributed by atoms with E-state index in [1.165, 1.54) is 0 Å². The highest BCUT2D eigenvalue weighted by Crippen LogP contribution is 2.35. The molecule has 151 valence electrons. The Labute approximate surface area is 179 Å². The van der Waals surface area contributed by atoms with Crippen molar-refractivity contribution in [1.82, 2.24) is 9.55 Å². The molecule has 2 N–H and O–H groups in total. The van der Waals surface area contributed by atoms with Crippen LogP contribution in [0.2, 0.25) is 0 Å². The highest BCUT2D eigenvalue weighted by molar-refractivity contribution is 6.18. The predicted molar refractivity (Wildman–Crippen MR) is 122 cm³/mol. The normalized spacial score (nSPS) is 11.1. The van der Waals surface area contributed by atoms with E-state index in [0.717, 1.165) is 44.2 Å². The third-order valence-electron chi connectivity index (χ3n) is 5.57. The van der Waals surface area contributed by atoms with Crippen LogP contribution in [-0.4, -0.2) is 22.6 Å². The summed E-state index contributed by atoms with van der Waals surface area (Å²) >= 11 is 0. The summed E-state index contributed by atoms with van der Waals surface area (Å²) in [7, 11) is 1.66. The molecule has 0 aliphatic carbocycles. The molecule has 5 rings (SSSR count). The first-order chi connectivity index (χ1) is 15.2. The number of pyridine rings is 1. The molecular weight excluding hydrogens is 386 g/mol. The number of primary amides is 1. The summed E-state index contributed by atoms with van der Waals surface area (Å²) in [5.74, 6) is 0.368. The van der Waals surface area contributed by atoms with Crippen molar-refractivity contribution in [3.63, 3.8) is 0 Å². The van der Waals surface area contributed by atoms with E-state index in [1.54, 1.807) is 25.6 Å². The Bertz CT molecular complexity index is 1400. The molecule has 0 unspecified atom stereocenters. The van der Waals surface area contributed by atoms with Crippen molar-refractivity contribution < 1.29 is 9.53 Å². The van der Waals surface area contributed by atoms with Crippen molar-refractivity contribution in [2.45, 2.75) is 6.54 Å². The molecule has 0 atom stereocenters. The molecule has 0 saturated heterocycles. The first-order valence-corrected chi connectivity index (χ1v) is 9.95. The predicted octanol–water partition coefficient (Wildman–Crippen LogP) is 4.81.